The fraction of sp³-hybridized carbons (Fsp3) is 0.421. The molecule has 0 fully saturated rings. The van der Waals surface area contributed by atoms with Gasteiger partial charge in [-0.1, -0.05) is 23.7 Å². The van der Waals surface area contributed by atoms with E-state index in [0.717, 1.165) is 31.5 Å². The van der Waals surface area contributed by atoms with Crippen molar-refractivity contribution < 1.29 is 9.53 Å². The number of nitrogens with one attached hydrogen (secondary N) is 1. The minimum absolute atomic E-state index is 0.0273. The number of carbonyl (C=O) groups excluding carboxylic acids is 1. The van der Waals surface area contributed by atoms with Gasteiger partial charge in [-0.15, -0.1) is 11.3 Å². The second-order valence-electron chi connectivity index (χ2n) is 6.11. The Morgan fingerprint density at radius 2 is 2.16 bits per heavy atom. The molecule has 1 amide bonds. The first-order chi connectivity index (χ1) is 12.2. The number of ether oxygens (including phenoxy) is 1. The standard InChI is InChI=1S/C19H23ClN2O2S/c1-24-11-2-9-21-13-18(23)22-10-7-17-16(8-12-25-17)19(22)14-3-5-15(20)6-4-14/h3-6,8,12,19,21H,2,7,9-11,13H2,1H3. The van der Waals surface area contributed by atoms with Crippen molar-refractivity contribution in [3.8, 4) is 0 Å². The number of hydrogen-bond acceptors (Lipinski definition) is 4. The second-order valence-corrected chi connectivity index (χ2v) is 7.55. The smallest absolute Gasteiger partial charge is 0.237 e. The van der Waals surface area contributed by atoms with Gasteiger partial charge in [0.2, 0.25) is 5.91 Å². The molecule has 0 aliphatic carbocycles. The minimum atomic E-state index is -0.0273. The van der Waals surface area contributed by atoms with Crippen molar-refractivity contribution >= 4 is 28.8 Å². The van der Waals surface area contributed by atoms with Crippen molar-refractivity contribution in [2.45, 2.75) is 18.9 Å². The van der Waals surface area contributed by atoms with Crippen molar-refractivity contribution in [1.82, 2.24) is 10.2 Å². The number of amides is 1. The van der Waals surface area contributed by atoms with Gasteiger partial charge in [0, 0.05) is 30.2 Å². The van der Waals surface area contributed by atoms with Crippen LogP contribution in [0.25, 0.3) is 0 Å². The monoisotopic (exact) mass is 378 g/mol. The van der Waals surface area contributed by atoms with Gasteiger partial charge in [0.05, 0.1) is 12.6 Å². The SMILES string of the molecule is COCCCNCC(=O)N1CCc2sccc2C1c1ccc(Cl)cc1. The van der Waals surface area contributed by atoms with Crippen LogP contribution in [0, 0.1) is 0 Å². The lowest BCUT2D eigenvalue weighted by Gasteiger charge is -2.36. The quantitative estimate of drug-likeness (QED) is 0.750. The Balaban J connectivity index is 1.75. The van der Waals surface area contributed by atoms with Gasteiger partial charge in [-0.05, 0) is 54.1 Å². The van der Waals surface area contributed by atoms with Crippen LogP contribution >= 0.6 is 22.9 Å². The summed E-state index contributed by atoms with van der Waals surface area (Å²) in [5.41, 5.74) is 2.35. The zero-order chi connectivity index (χ0) is 17.6. The summed E-state index contributed by atoms with van der Waals surface area (Å²) >= 11 is 7.81. The molecule has 1 aromatic heterocycles. The van der Waals surface area contributed by atoms with E-state index in [4.69, 9.17) is 16.3 Å². The Morgan fingerprint density at radius 1 is 1.36 bits per heavy atom. The maximum atomic E-state index is 12.8. The molecular formula is C19H23ClN2O2S. The van der Waals surface area contributed by atoms with Gasteiger partial charge in [0.15, 0.2) is 0 Å². The molecule has 1 unspecified atom stereocenters. The predicted molar refractivity (Wildman–Crippen MR) is 102 cm³/mol. The molecule has 0 radical (unpaired) electrons. The molecule has 1 atom stereocenters. The van der Waals surface area contributed by atoms with E-state index in [1.54, 1.807) is 18.4 Å². The molecule has 2 heterocycles. The Kier molecular flexibility index (Phi) is 6.48. The fourth-order valence-corrected chi connectivity index (χ4v) is 4.26. The number of carbonyl (C=O) groups is 1. The number of rotatable bonds is 7. The summed E-state index contributed by atoms with van der Waals surface area (Å²) in [4.78, 5) is 16.2. The summed E-state index contributed by atoms with van der Waals surface area (Å²) in [5, 5.41) is 6.05. The van der Waals surface area contributed by atoms with Gasteiger partial charge in [-0.25, -0.2) is 0 Å². The molecule has 1 N–H and O–H groups in total. The molecule has 134 valence electrons. The van der Waals surface area contributed by atoms with Crippen molar-refractivity contribution in [2.75, 3.05) is 33.4 Å². The summed E-state index contributed by atoms with van der Waals surface area (Å²) in [6.45, 7) is 2.59. The number of nitrogens with zero attached hydrogens (tertiary/aromatic N) is 1. The third kappa shape index (κ3) is 4.42. The Bertz CT molecular complexity index is 702. The van der Waals surface area contributed by atoms with Gasteiger partial charge < -0.3 is 15.0 Å². The number of thiophene rings is 1. The normalized spacial score (nSPS) is 16.7. The molecule has 3 rings (SSSR count). The summed E-state index contributed by atoms with van der Waals surface area (Å²) in [5.74, 6) is 0.134. The van der Waals surface area contributed by atoms with E-state index in [-0.39, 0.29) is 11.9 Å². The lowest BCUT2D eigenvalue weighted by Crippen LogP contribution is -2.44. The molecule has 0 saturated carbocycles. The minimum Gasteiger partial charge on any atom is -0.385 e. The molecule has 0 saturated heterocycles. The maximum Gasteiger partial charge on any atom is 0.237 e. The highest BCUT2D eigenvalue weighted by Crippen LogP contribution is 2.38. The Morgan fingerprint density at radius 3 is 2.92 bits per heavy atom. The van der Waals surface area contributed by atoms with Gasteiger partial charge >= 0.3 is 0 Å². The van der Waals surface area contributed by atoms with Crippen LogP contribution in [-0.4, -0.2) is 44.2 Å². The zero-order valence-electron chi connectivity index (χ0n) is 14.3. The van der Waals surface area contributed by atoms with E-state index in [2.05, 4.69) is 16.8 Å². The maximum absolute atomic E-state index is 12.8. The van der Waals surface area contributed by atoms with Crippen molar-refractivity contribution in [2.24, 2.45) is 0 Å². The van der Waals surface area contributed by atoms with E-state index in [9.17, 15) is 4.79 Å². The Labute approximate surface area is 157 Å². The molecule has 6 heteroatoms. The molecular weight excluding hydrogens is 356 g/mol. The van der Waals surface area contributed by atoms with Crippen LogP contribution in [0.1, 0.15) is 28.5 Å². The zero-order valence-corrected chi connectivity index (χ0v) is 15.9. The van der Waals surface area contributed by atoms with E-state index in [1.165, 1.54) is 10.4 Å². The van der Waals surface area contributed by atoms with E-state index < -0.39 is 0 Å². The topological polar surface area (TPSA) is 41.6 Å². The highest BCUT2D eigenvalue weighted by Gasteiger charge is 2.32. The van der Waals surface area contributed by atoms with E-state index in [0.29, 0.717) is 18.2 Å². The van der Waals surface area contributed by atoms with Crippen LogP contribution in [-0.2, 0) is 16.0 Å². The summed E-state index contributed by atoms with van der Waals surface area (Å²) in [6.07, 6.45) is 1.82. The average Bonchev–Trinajstić information content (AvgIpc) is 3.10. The number of fused-ring (bicyclic) bond motifs is 1. The molecule has 25 heavy (non-hydrogen) atoms. The van der Waals surface area contributed by atoms with Crippen LogP contribution < -0.4 is 5.32 Å². The molecule has 2 aromatic rings. The van der Waals surface area contributed by atoms with Crippen molar-refractivity contribution in [3.05, 3.63) is 56.7 Å². The lowest BCUT2D eigenvalue weighted by atomic mass is 9.93. The Hall–Kier alpha value is -1.40. The summed E-state index contributed by atoms with van der Waals surface area (Å²) in [6, 6.07) is 9.94. The first-order valence-electron chi connectivity index (χ1n) is 8.51. The number of methoxy groups -OCH3 is 1. The van der Waals surface area contributed by atoms with Gasteiger partial charge in [0.1, 0.15) is 0 Å². The van der Waals surface area contributed by atoms with Crippen molar-refractivity contribution in [1.29, 1.82) is 0 Å². The number of benzene rings is 1. The van der Waals surface area contributed by atoms with Crippen LogP contribution in [0.5, 0.6) is 0 Å². The molecule has 1 aromatic carbocycles. The number of hydrogen-bond donors (Lipinski definition) is 1. The van der Waals surface area contributed by atoms with Gasteiger partial charge in [0.25, 0.3) is 0 Å². The summed E-state index contributed by atoms with van der Waals surface area (Å²) in [7, 11) is 1.69. The van der Waals surface area contributed by atoms with Crippen LogP contribution in [0.15, 0.2) is 35.7 Å². The number of halogens is 1. The molecule has 1 aliphatic rings. The molecule has 1 aliphatic heterocycles. The third-order valence-corrected chi connectivity index (χ3v) is 5.70. The molecule has 0 bridgehead atoms. The first kappa shape index (κ1) is 18.4. The van der Waals surface area contributed by atoms with Crippen molar-refractivity contribution in [3.63, 3.8) is 0 Å². The third-order valence-electron chi connectivity index (χ3n) is 4.45. The molecule has 0 spiro atoms. The second kappa shape index (κ2) is 8.81. The highest BCUT2D eigenvalue weighted by atomic mass is 35.5. The highest BCUT2D eigenvalue weighted by molar-refractivity contribution is 7.10. The van der Waals surface area contributed by atoms with Crippen LogP contribution in [0.4, 0.5) is 0 Å². The fourth-order valence-electron chi connectivity index (χ4n) is 3.23. The molecule has 4 nitrogen and oxygen atoms in total. The van der Waals surface area contributed by atoms with E-state index >= 15 is 0 Å². The largest absolute Gasteiger partial charge is 0.385 e. The van der Waals surface area contributed by atoms with Crippen LogP contribution in [0.2, 0.25) is 5.02 Å². The van der Waals surface area contributed by atoms with Gasteiger partial charge in [-0.2, -0.15) is 0 Å². The average molecular weight is 379 g/mol. The van der Waals surface area contributed by atoms with Gasteiger partial charge in [-0.3, -0.25) is 4.79 Å². The van der Waals surface area contributed by atoms with E-state index in [1.807, 2.05) is 29.2 Å². The first-order valence-corrected chi connectivity index (χ1v) is 9.77. The van der Waals surface area contributed by atoms with Crippen LogP contribution in [0.3, 0.4) is 0 Å². The summed E-state index contributed by atoms with van der Waals surface area (Å²) < 4.78 is 5.03. The lowest BCUT2D eigenvalue weighted by molar-refractivity contribution is -0.132. The predicted octanol–water partition coefficient (Wildman–Crippen LogP) is 3.50.